The van der Waals surface area contributed by atoms with Crippen LogP contribution in [0.15, 0.2) is 0 Å². The highest BCUT2D eigenvalue weighted by Crippen LogP contribution is 2.24. The highest BCUT2D eigenvalue weighted by molar-refractivity contribution is 7.91. The molecule has 19 heavy (non-hydrogen) atoms. The normalized spacial score (nSPS) is 21.3. The summed E-state index contributed by atoms with van der Waals surface area (Å²) in [4.78, 5) is 13.5. The van der Waals surface area contributed by atoms with Gasteiger partial charge in [0.1, 0.15) is 11.0 Å². The molecule has 0 aromatic rings. The van der Waals surface area contributed by atoms with E-state index < -0.39 is 26.9 Å². The van der Waals surface area contributed by atoms with Crippen LogP contribution in [0.2, 0.25) is 0 Å². The molecule has 1 fully saturated rings. The molecule has 1 amide bonds. The minimum absolute atomic E-state index is 0.122. The smallest absolute Gasteiger partial charge is 0.411 e. The summed E-state index contributed by atoms with van der Waals surface area (Å²) in [7, 11) is -3.26. The van der Waals surface area contributed by atoms with Crippen molar-refractivity contribution >= 4 is 15.9 Å². The molecular formula is C13H25NO4S. The van der Waals surface area contributed by atoms with Crippen molar-refractivity contribution in [1.29, 1.82) is 0 Å². The molecule has 0 radical (unpaired) electrons. The quantitative estimate of drug-likeness (QED) is 0.801. The number of sulfone groups is 1. The Bertz CT molecular complexity index is 411. The van der Waals surface area contributed by atoms with Crippen molar-refractivity contribution in [2.24, 2.45) is 0 Å². The number of amides is 1. The molecule has 0 bridgehead atoms. The van der Waals surface area contributed by atoms with Gasteiger partial charge >= 0.3 is 6.09 Å². The molecule has 0 spiro atoms. The molecule has 0 aromatic carbocycles. The Labute approximate surface area is 116 Å². The Morgan fingerprint density at radius 1 is 1.32 bits per heavy atom. The number of piperidine rings is 1. The number of hydrogen-bond donors (Lipinski definition) is 0. The number of rotatable bonds is 3. The molecule has 1 aliphatic rings. The van der Waals surface area contributed by atoms with Crippen LogP contribution in [0.1, 0.15) is 53.4 Å². The van der Waals surface area contributed by atoms with E-state index in [-0.39, 0.29) is 5.75 Å². The predicted octanol–water partition coefficient (Wildman–Crippen LogP) is 2.56. The molecular weight excluding hydrogens is 266 g/mol. The van der Waals surface area contributed by atoms with Crippen molar-refractivity contribution in [2.75, 3.05) is 12.3 Å². The minimum atomic E-state index is -3.26. The lowest BCUT2D eigenvalue weighted by molar-refractivity contribution is 0.0177. The molecule has 0 aromatic heterocycles. The first-order chi connectivity index (χ1) is 8.67. The molecule has 1 aliphatic heterocycles. The van der Waals surface area contributed by atoms with Crippen molar-refractivity contribution in [2.45, 2.75) is 64.4 Å². The Balaban J connectivity index is 2.87. The molecule has 112 valence electrons. The summed E-state index contributed by atoms with van der Waals surface area (Å²) in [5.41, 5.74) is -0.604. The van der Waals surface area contributed by atoms with Gasteiger partial charge in [0.15, 0.2) is 9.84 Å². The minimum Gasteiger partial charge on any atom is -0.444 e. The molecule has 0 N–H and O–H groups in total. The third-order valence-electron chi connectivity index (χ3n) is 2.98. The van der Waals surface area contributed by atoms with Gasteiger partial charge < -0.3 is 4.74 Å². The summed E-state index contributed by atoms with van der Waals surface area (Å²) in [5.74, 6) is 0.122. The van der Waals surface area contributed by atoms with Crippen LogP contribution in [0.3, 0.4) is 0 Å². The van der Waals surface area contributed by atoms with Crippen LogP contribution in [0, 0.1) is 0 Å². The number of likely N-dealkylation sites (tertiary alicyclic amines) is 1. The fourth-order valence-electron chi connectivity index (χ4n) is 2.22. The molecule has 1 saturated heterocycles. The maximum Gasteiger partial charge on any atom is 0.411 e. The van der Waals surface area contributed by atoms with Crippen molar-refractivity contribution < 1.29 is 17.9 Å². The molecule has 0 aliphatic carbocycles. The lowest BCUT2D eigenvalue weighted by Gasteiger charge is -2.36. The Morgan fingerprint density at radius 3 is 2.47 bits per heavy atom. The van der Waals surface area contributed by atoms with Gasteiger partial charge in [0.05, 0.1) is 5.75 Å². The number of nitrogens with zero attached hydrogens (tertiary/aromatic N) is 1. The number of carbonyl (C=O) groups is 1. The molecule has 1 heterocycles. The van der Waals surface area contributed by atoms with Crippen LogP contribution < -0.4 is 0 Å². The van der Waals surface area contributed by atoms with Crippen molar-refractivity contribution in [3.63, 3.8) is 0 Å². The van der Waals surface area contributed by atoms with Crippen molar-refractivity contribution in [3.05, 3.63) is 0 Å². The van der Waals surface area contributed by atoms with E-state index in [4.69, 9.17) is 4.74 Å². The zero-order valence-electron chi connectivity index (χ0n) is 12.3. The van der Waals surface area contributed by atoms with Gasteiger partial charge in [-0.05, 0) is 46.5 Å². The monoisotopic (exact) mass is 291 g/mol. The van der Waals surface area contributed by atoms with Crippen LogP contribution >= 0.6 is 0 Å². The van der Waals surface area contributed by atoms with Crippen LogP contribution in [0.5, 0.6) is 0 Å². The van der Waals surface area contributed by atoms with E-state index in [0.717, 1.165) is 12.8 Å². The van der Waals surface area contributed by atoms with E-state index in [1.807, 2.05) is 6.92 Å². The predicted molar refractivity (Wildman–Crippen MR) is 74.7 cm³/mol. The SMILES string of the molecule is CCCS(=O)(=O)C1CCCCN1C(=O)OC(C)(C)C. The van der Waals surface area contributed by atoms with Gasteiger partial charge in [-0.3, -0.25) is 4.90 Å². The lowest BCUT2D eigenvalue weighted by Crippen LogP contribution is -2.50. The van der Waals surface area contributed by atoms with Gasteiger partial charge in [0, 0.05) is 6.54 Å². The first kappa shape index (κ1) is 16.3. The van der Waals surface area contributed by atoms with Crippen molar-refractivity contribution in [3.8, 4) is 0 Å². The maximum atomic E-state index is 12.2. The Morgan fingerprint density at radius 2 is 1.95 bits per heavy atom. The zero-order chi connectivity index (χ0) is 14.7. The lowest BCUT2D eigenvalue weighted by atomic mass is 10.1. The van der Waals surface area contributed by atoms with Gasteiger partial charge in [-0.15, -0.1) is 0 Å². The molecule has 1 unspecified atom stereocenters. The molecule has 1 atom stereocenters. The van der Waals surface area contributed by atoms with Crippen LogP contribution in [0.25, 0.3) is 0 Å². The van der Waals surface area contributed by atoms with E-state index >= 15 is 0 Å². The van der Waals surface area contributed by atoms with E-state index in [0.29, 0.717) is 19.4 Å². The average Bonchev–Trinajstić information content (AvgIpc) is 2.26. The molecule has 1 rings (SSSR count). The largest absolute Gasteiger partial charge is 0.444 e. The summed E-state index contributed by atoms with van der Waals surface area (Å²) < 4.78 is 29.7. The van der Waals surface area contributed by atoms with Crippen molar-refractivity contribution in [1.82, 2.24) is 4.90 Å². The zero-order valence-corrected chi connectivity index (χ0v) is 13.1. The molecule has 5 nitrogen and oxygen atoms in total. The van der Waals surface area contributed by atoms with Gasteiger partial charge in [0.25, 0.3) is 0 Å². The second-order valence-corrected chi connectivity index (χ2v) is 8.27. The average molecular weight is 291 g/mol. The highest BCUT2D eigenvalue weighted by atomic mass is 32.2. The fraction of sp³-hybridized carbons (Fsp3) is 0.923. The first-order valence-electron chi connectivity index (χ1n) is 6.88. The number of ether oxygens (including phenoxy) is 1. The number of carbonyl (C=O) groups excluding carboxylic acids is 1. The van der Waals surface area contributed by atoms with Gasteiger partial charge in [0.2, 0.25) is 0 Å². The fourth-order valence-corrected chi connectivity index (χ4v) is 4.17. The Hall–Kier alpha value is -0.780. The van der Waals surface area contributed by atoms with E-state index in [1.54, 1.807) is 20.8 Å². The van der Waals surface area contributed by atoms with Crippen LogP contribution in [-0.2, 0) is 14.6 Å². The van der Waals surface area contributed by atoms with Gasteiger partial charge in [-0.25, -0.2) is 13.2 Å². The second-order valence-electron chi connectivity index (χ2n) is 5.99. The van der Waals surface area contributed by atoms with Crippen LogP contribution in [-0.4, -0.2) is 42.7 Å². The Kier molecular flexibility index (Phi) is 5.24. The summed E-state index contributed by atoms with van der Waals surface area (Å²) in [6, 6.07) is 0. The summed E-state index contributed by atoms with van der Waals surface area (Å²) in [6.07, 6.45) is 2.24. The van der Waals surface area contributed by atoms with E-state index in [1.165, 1.54) is 4.90 Å². The van der Waals surface area contributed by atoms with E-state index in [2.05, 4.69) is 0 Å². The maximum absolute atomic E-state index is 12.2. The summed E-state index contributed by atoms with van der Waals surface area (Å²) >= 11 is 0. The third kappa shape index (κ3) is 4.67. The van der Waals surface area contributed by atoms with Gasteiger partial charge in [-0.1, -0.05) is 6.92 Å². The summed E-state index contributed by atoms with van der Waals surface area (Å²) in [5, 5.41) is -0.712. The van der Waals surface area contributed by atoms with Crippen LogP contribution in [0.4, 0.5) is 4.79 Å². The number of hydrogen-bond acceptors (Lipinski definition) is 4. The molecule has 6 heteroatoms. The van der Waals surface area contributed by atoms with Gasteiger partial charge in [-0.2, -0.15) is 0 Å². The topological polar surface area (TPSA) is 63.7 Å². The summed E-state index contributed by atoms with van der Waals surface area (Å²) in [6.45, 7) is 7.64. The van der Waals surface area contributed by atoms with E-state index in [9.17, 15) is 13.2 Å². The second kappa shape index (κ2) is 6.11. The standard InChI is InChI=1S/C13H25NO4S/c1-5-10-19(16,17)11-8-6-7-9-14(11)12(15)18-13(2,3)4/h11H,5-10H2,1-4H3. The first-order valence-corrected chi connectivity index (χ1v) is 8.60. The third-order valence-corrected chi connectivity index (χ3v) is 5.28. The highest BCUT2D eigenvalue weighted by Gasteiger charge is 2.37. The molecule has 0 saturated carbocycles.